The lowest BCUT2D eigenvalue weighted by atomic mass is 10.1. The van der Waals surface area contributed by atoms with E-state index in [-0.39, 0.29) is 17.3 Å². The van der Waals surface area contributed by atoms with Gasteiger partial charge in [-0.05, 0) is 87.7 Å². The van der Waals surface area contributed by atoms with E-state index in [9.17, 15) is 18.0 Å². The van der Waals surface area contributed by atoms with E-state index in [1.807, 2.05) is 26.8 Å². The highest BCUT2D eigenvalue weighted by Gasteiger charge is 2.32. The lowest BCUT2D eigenvalue weighted by Crippen LogP contribution is -2.51. The Morgan fingerprint density at radius 3 is 2.05 bits per heavy atom. The van der Waals surface area contributed by atoms with Gasteiger partial charge in [-0.25, -0.2) is 8.42 Å². The van der Waals surface area contributed by atoms with Gasteiger partial charge in [0.25, 0.3) is 10.0 Å². The molecule has 1 unspecified atom stereocenters. The second kappa shape index (κ2) is 12.9. The molecule has 2 amide bonds. The summed E-state index contributed by atoms with van der Waals surface area (Å²) in [6, 6.07) is 15.9. The largest absolute Gasteiger partial charge is 0.355 e. The molecule has 7 nitrogen and oxygen atoms in total. The summed E-state index contributed by atoms with van der Waals surface area (Å²) < 4.78 is 28.9. The molecule has 0 aliphatic carbocycles. The van der Waals surface area contributed by atoms with Crippen molar-refractivity contribution in [1.82, 2.24) is 10.2 Å². The van der Waals surface area contributed by atoms with Crippen LogP contribution < -0.4 is 9.62 Å². The first-order valence-corrected chi connectivity index (χ1v) is 14.7. The molecule has 1 atom stereocenters. The number of likely N-dealkylation sites (N-methyl/N-ethyl adjacent to an activating group) is 1. The van der Waals surface area contributed by atoms with E-state index in [1.165, 1.54) is 17.0 Å². The van der Waals surface area contributed by atoms with Crippen molar-refractivity contribution in [2.24, 2.45) is 0 Å². The van der Waals surface area contributed by atoms with Gasteiger partial charge in [-0.3, -0.25) is 13.9 Å². The molecule has 3 aromatic rings. The Kier molecular flexibility index (Phi) is 10.0. The molecule has 0 aromatic heterocycles. The normalized spacial score (nSPS) is 12.1. The monoisotopic (exact) mass is 589 g/mol. The van der Waals surface area contributed by atoms with Crippen LogP contribution >= 0.6 is 23.2 Å². The molecule has 0 heterocycles. The highest BCUT2D eigenvalue weighted by Crippen LogP contribution is 2.28. The average Bonchev–Trinajstić information content (AvgIpc) is 2.87. The van der Waals surface area contributed by atoms with E-state index in [4.69, 9.17) is 23.2 Å². The number of aryl methyl sites for hydroxylation is 3. The number of nitrogens with zero attached hydrogens (tertiary/aromatic N) is 2. The Labute approximate surface area is 240 Å². The summed E-state index contributed by atoms with van der Waals surface area (Å²) in [5.74, 6) is -0.903. The Balaban J connectivity index is 2.07. The molecule has 1 N–H and O–H groups in total. The van der Waals surface area contributed by atoms with E-state index in [2.05, 4.69) is 5.32 Å². The third kappa shape index (κ3) is 7.53. The first kappa shape index (κ1) is 30.5. The molecule has 0 radical (unpaired) electrons. The molecule has 0 spiro atoms. The van der Waals surface area contributed by atoms with E-state index in [1.54, 1.807) is 56.3 Å². The van der Waals surface area contributed by atoms with Crippen LogP contribution in [0.4, 0.5) is 5.69 Å². The highest BCUT2D eigenvalue weighted by atomic mass is 35.5. The standard InChI is InChI=1S/C29H33Cl2N3O4S/c1-6-32-29(36)22(5)33(17-23-9-12-26(30)27(31)16-23)28(35)18-34(24-14-20(3)13-21(4)15-24)39(37,38)25-10-7-19(2)8-11-25/h7-16,22H,6,17-18H2,1-5H3,(H,32,36). The van der Waals surface area contributed by atoms with Crippen LogP contribution in [0.3, 0.4) is 0 Å². The van der Waals surface area contributed by atoms with Crippen LogP contribution in [-0.2, 0) is 26.2 Å². The molecule has 10 heteroatoms. The topological polar surface area (TPSA) is 86.8 Å². The first-order chi connectivity index (χ1) is 18.3. The number of halogens is 2. The lowest BCUT2D eigenvalue weighted by molar-refractivity contribution is -0.139. The number of hydrogen-bond donors (Lipinski definition) is 1. The van der Waals surface area contributed by atoms with Gasteiger partial charge in [-0.2, -0.15) is 0 Å². The summed E-state index contributed by atoms with van der Waals surface area (Å²) in [6.07, 6.45) is 0. The van der Waals surface area contributed by atoms with Crippen molar-refractivity contribution in [3.8, 4) is 0 Å². The number of nitrogens with one attached hydrogen (secondary N) is 1. The average molecular weight is 591 g/mol. The van der Waals surface area contributed by atoms with Crippen LogP contribution in [0.25, 0.3) is 0 Å². The predicted molar refractivity (Wildman–Crippen MR) is 157 cm³/mol. The van der Waals surface area contributed by atoms with Gasteiger partial charge in [0.1, 0.15) is 12.6 Å². The number of carbonyl (C=O) groups is 2. The lowest BCUT2D eigenvalue weighted by Gasteiger charge is -2.32. The zero-order valence-corrected chi connectivity index (χ0v) is 25.0. The van der Waals surface area contributed by atoms with Gasteiger partial charge in [-0.1, -0.05) is 53.0 Å². The third-order valence-corrected chi connectivity index (χ3v) is 8.76. The van der Waals surface area contributed by atoms with Gasteiger partial charge in [0.15, 0.2) is 0 Å². The predicted octanol–water partition coefficient (Wildman–Crippen LogP) is 5.67. The van der Waals surface area contributed by atoms with Gasteiger partial charge in [0, 0.05) is 13.1 Å². The highest BCUT2D eigenvalue weighted by molar-refractivity contribution is 7.92. The van der Waals surface area contributed by atoms with Crippen molar-refractivity contribution in [2.45, 2.75) is 52.1 Å². The van der Waals surface area contributed by atoms with Crippen molar-refractivity contribution in [2.75, 3.05) is 17.4 Å². The maximum absolute atomic E-state index is 13.9. The number of rotatable bonds is 10. The zero-order valence-electron chi connectivity index (χ0n) is 22.7. The van der Waals surface area contributed by atoms with Crippen molar-refractivity contribution in [3.05, 3.63) is 93.0 Å². The molecule has 208 valence electrons. The summed E-state index contributed by atoms with van der Waals surface area (Å²) >= 11 is 12.3. The van der Waals surface area contributed by atoms with Gasteiger partial charge < -0.3 is 10.2 Å². The maximum atomic E-state index is 13.9. The summed E-state index contributed by atoms with van der Waals surface area (Å²) in [5.41, 5.74) is 3.62. The first-order valence-electron chi connectivity index (χ1n) is 12.5. The zero-order chi connectivity index (χ0) is 28.9. The molecule has 39 heavy (non-hydrogen) atoms. The van der Waals surface area contributed by atoms with Crippen molar-refractivity contribution < 1.29 is 18.0 Å². The van der Waals surface area contributed by atoms with Crippen LogP contribution in [0.2, 0.25) is 10.0 Å². The van der Waals surface area contributed by atoms with E-state index in [0.29, 0.717) is 27.8 Å². The number of hydrogen-bond acceptors (Lipinski definition) is 4. The second-order valence-electron chi connectivity index (χ2n) is 9.51. The quantitative estimate of drug-likeness (QED) is 0.330. The Morgan fingerprint density at radius 1 is 0.872 bits per heavy atom. The van der Waals surface area contributed by atoms with Gasteiger partial charge >= 0.3 is 0 Å². The smallest absolute Gasteiger partial charge is 0.264 e. The minimum atomic E-state index is -4.13. The Hall–Kier alpha value is -3.07. The van der Waals surface area contributed by atoms with E-state index >= 15 is 0 Å². The fourth-order valence-electron chi connectivity index (χ4n) is 4.20. The van der Waals surface area contributed by atoms with Crippen LogP contribution in [0, 0.1) is 20.8 Å². The van der Waals surface area contributed by atoms with E-state index < -0.39 is 28.5 Å². The fraction of sp³-hybridized carbons (Fsp3) is 0.310. The summed E-state index contributed by atoms with van der Waals surface area (Å²) in [7, 11) is -4.13. The Morgan fingerprint density at radius 2 is 1.49 bits per heavy atom. The minimum Gasteiger partial charge on any atom is -0.355 e. The van der Waals surface area contributed by atoms with Gasteiger partial charge in [0.05, 0.1) is 20.6 Å². The van der Waals surface area contributed by atoms with Gasteiger partial charge in [0.2, 0.25) is 11.8 Å². The molecule has 0 saturated carbocycles. The molecule has 0 aliphatic heterocycles. The number of sulfonamides is 1. The maximum Gasteiger partial charge on any atom is 0.264 e. The van der Waals surface area contributed by atoms with Crippen LogP contribution in [0.15, 0.2) is 65.6 Å². The second-order valence-corrected chi connectivity index (χ2v) is 12.2. The minimum absolute atomic E-state index is 0.0271. The number of benzene rings is 3. The summed E-state index contributed by atoms with van der Waals surface area (Å²) in [6.45, 7) is 8.89. The third-order valence-electron chi connectivity index (χ3n) is 6.24. The van der Waals surface area contributed by atoms with Crippen LogP contribution in [-0.4, -0.2) is 44.3 Å². The Bertz CT molecular complexity index is 1440. The SMILES string of the molecule is CCNC(=O)C(C)N(Cc1ccc(Cl)c(Cl)c1)C(=O)CN(c1cc(C)cc(C)c1)S(=O)(=O)c1ccc(C)cc1. The van der Waals surface area contributed by atoms with Gasteiger partial charge in [-0.15, -0.1) is 0 Å². The van der Waals surface area contributed by atoms with Crippen molar-refractivity contribution in [1.29, 1.82) is 0 Å². The number of anilines is 1. The fourth-order valence-corrected chi connectivity index (χ4v) is 5.92. The van der Waals surface area contributed by atoms with E-state index in [0.717, 1.165) is 21.0 Å². The molecular formula is C29H33Cl2N3O4S. The number of carbonyl (C=O) groups excluding carboxylic acids is 2. The summed E-state index contributed by atoms with van der Waals surface area (Å²) in [5, 5.41) is 3.41. The molecule has 0 fully saturated rings. The molecule has 3 rings (SSSR count). The number of amides is 2. The van der Waals surface area contributed by atoms with Crippen LogP contribution in [0.1, 0.15) is 36.1 Å². The molecule has 3 aromatic carbocycles. The summed E-state index contributed by atoms with van der Waals surface area (Å²) in [4.78, 5) is 28.1. The molecule has 0 aliphatic rings. The van der Waals surface area contributed by atoms with Crippen molar-refractivity contribution in [3.63, 3.8) is 0 Å². The molecular weight excluding hydrogens is 557 g/mol. The van der Waals surface area contributed by atoms with Crippen molar-refractivity contribution >= 4 is 50.7 Å². The molecule has 0 bridgehead atoms. The molecule has 0 saturated heterocycles. The van der Waals surface area contributed by atoms with Crippen LogP contribution in [0.5, 0.6) is 0 Å².